The lowest BCUT2D eigenvalue weighted by Gasteiger charge is -2.22. The average molecular weight is 363 g/mol. The molecule has 0 radical (unpaired) electrons. The van der Waals surface area contributed by atoms with Gasteiger partial charge < -0.3 is 9.47 Å². The van der Waals surface area contributed by atoms with Gasteiger partial charge in [-0.05, 0) is 78.4 Å². The molecule has 0 N–H and O–H groups in total. The summed E-state index contributed by atoms with van der Waals surface area (Å²) in [6.07, 6.45) is 3.17. The van der Waals surface area contributed by atoms with Gasteiger partial charge in [0.25, 0.3) is 0 Å². The van der Waals surface area contributed by atoms with Crippen molar-refractivity contribution in [3.05, 3.63) is 35.4 Å². The van der Waals surface area contributed by atoms with Crippen LogP contribution in [0.25, 0.3) is 0 Å². The van der Waals surface area contributed by atoms with E-state index in [-0.39, 0.29) is 11.9 Å². The third-order valence-corrected chi connectivity index (χ3v) is 4.76. The Kier molecular flexibility index (Phi) is 8.32. The quantitative estimate of drug-likeness (QED) is 0.565. The molecule has 1 aromatic rings. The molecule has 4 nitrogen and oxygen atoms in total. The van der Waals surface area contributed by atoms with Gasteiger partial charge in [-0.3, -0.25) is 9.59 Å². The first kappa shape index (κ1) is 22.2. The van der Waals surface area contributed by atoms with Crippen LogP contribution >= 0.6 is 0 Å². The Morgan fingerprint density at radius 3 is 1.31 bits per heavy atom. The molecular weight excluding hydrogens is 328 g/mol. The Morgan fingerprint density at radius 1 is 0.731 bits per heavy atom. The maximum absolute atomic E-state index is 12.0. The van der Waals surface area contributed by atoms with E-state index >= 15 is 0 Å². The van der Waals surface area contributed by atoms with E-state index in [2.05, 4.69) is 24.3 Å². The molecule has 0 heterocycles. The molecule has 0 spiro atoms. The summed E-state index contributed by atoms with van der Waals surface area (Å²) >= 11 is 0. The maximum atomic E-state index is 12.0. The first-order valence-electron chi connectivity index (χ1n) is 9.54. The Labute approximate surface area is 158 Å². The van der Waals surface area contributed by atoms with Crippen LogP contribution in [0.15, 0.2) is 24.3 Å². The third-order valence-electron chi connectivity index (χ3n) is 4.76. The number of carbonyl (C=O) groups excluding carboxylic acids is 2. The number of benzene rings is 1. The van der Waals surface area contributed by atoms with Gasteiger partial charge in [-0.15, -0.1) is 0 Å². The lowest BCUT2D eigenvalue weighted by atomic mass is 9.85. The minimum Gasteiger partial charge on any atom is -0.466 e. The van der Waals surface area contributed by atoms with Crippen LogP contribution in [0.1, 0.15) is 65.5 Å². The summed E-state index contributed by atoms with van der Waals surface area (Å²) < 4.78 is 10.3. The number of rotatable bonds is 10. The van der Waals surface area contributed by atoms with Gasteiger partial charge in [-0.1, -0.05) is 24.3 Å². The number of hydrogen-bond donors (Lipinski definition) is 0. The smallest absolute Gasteiger partial charge is 0.311 e. The topological polar surface area (TPSA) is 52.6 Å². The first-order valence-corrected chi connectivity index (χ1v) is 9.54. The predicted molar refractivity (Wildman–Crippen MR) is 104 cm³/mol. The van der Waals surface area contributed by atoms with Crippen molar-refractivity contribution in [3.63, 3.8) is 0 Å². The van der Waals surface area contributed by atoms with Crippen molar-refractivity contribution in [2.75, 3.05) is 13.2 Å². The molecule has 0 aliphatic heterocycles. The summed E-state index contributed by atoms with van der Waals surface area (Å²) in [5, 5.41) is 0. The molecule has 26 heavy (non-hydrogen) atoms. The van der Waals surface area contributed by atoms with E-state index < -0.39 is 10.8 Å². The molecule has 0 aliphatic rings. The van der Waals surface area contributed by atoms with Crippen molar-refractivity contribution >= 4 is 11.9 Å². The zero-order valence-electron chi connectivity index (χ0n) is 17.2. The van der Waals surface area contributed by atoms with Crippen molar-refractivity contribution in [2.24, 2.45) is 10.8 Å². The summed E-state index contributed by atoms with van der Waals surface area (Å²) in [4.78, 5) is 23.9. The SMILES string of the molecule is CCOC(=O)C(C)(C)CCc1ccc(CCC(C)(C)C(=O)OCC)cc1. The van der Waals surface area contributed by atoms with E-state index in [4.69, 9.17) is 9.47 Å². The van der Waals surface area contributed by atoms with Gasteiger partial charge in [0.1, 0.15) is 0 Å². The normalized spacial score (nSPS) is 11.9. The Hall–Kier alpha value is -1.84. The molecule has 0 aliphatic carbocycles. The number of carbonyl (C=O) groups is 2. The highest BCUT2D eigenvalue weighted by atomic mass is 16.5. The molecule has 0 aromatic heterocycles. The summed E-state index contributed by atoms with van der Waals surface area (Å²) in [5.74, 6) is -0.282. The lowest BCUT2D eigenvalue weighted by molar-refractivity contribution is -0.154. The van der Waals surface area contributed by atoms with Crippen LogP contribution < -0.4 is 0 Å². The van der Waals surface area contributed by atoms with Crippen LogP contribution in [0.4, 0.5) is 0 Å². The number of ether oxygens (including phenoxy) is 2. The van der Waals surface area contributed by atoms with Crippen LogP contribution in [-0.2, 0) is 31.9 Å². The molecule has 0 saturated carbocycles. The van der Waals surface area contributed by atoms with Crippen LogP contribution in [0.5, 0.6) is 0 Å². The van der Waals surface area contributed by atoms with Gasteiger partial charge in [-0.2, -0.15) is 0 Å². The fraction of sp³-hybridized carbons (Fsp3) is 0.636. The van der Waals surface area contributed by atoms with Gasteiger partial charge in [-0.25, -0.2) is 0 Å². The molecule has 0 saturated heterocycles. The fourth-order valence-corrected chi connectivity index (χ4v) is 2.64. The summed E-state index contributed by atoms with van der Waals surface area (Å²) in [6.45, 7) is 12.2. The molecule has 1 rings (SSSR count). The second kappa shape index (κ2) is 9.75. The molecule has 4 heteroatoms. The molecule has 0 unspecified atom stereocenters. The van der Waals surface area contributed by atoms with Crippen LogP contribution in [0, 0.1) is 10.8 Å². The summed E-state index contributed by atoms with van der Waals surface area (Å²) in [7, 11) is 0. The second-order valence-corrected chi connectivity index (χ2v) is 8.03. The van der Waals surface area contributed by atoms with Crippen LogP contribution in [0.2, 0.25) is 0 Å². The lowest BCUT2D eigenvalue weighted by Crippen LogP contribution is -2.27. The first-order chi connectivity index (χ1) is 12.1. The van der Waals surface area contributed by atoms with E-state index in [1.54, 1.807) is 0 Å². The Balaban J connectivity index is 2.56. The van der Waals surface area contributed by atoms with Gasteiger partial charge in [0, 0.05) is 0 Å². The Bertz CT molecular complexity index is 532. The second-order valence-electron chi connectivity index (χ2n) is 8.03. The van der Waals surface area contributed by atoms with Gasteiger partial charge in [0.05, 0.1) is 24.0 Å². The van der Waals surface area contributed by atoms with Gasteiger partial charge in [0.2, 0.25) is 0 Å². The van der Waals surface area contributed by atoms with E-state index in [1.165, 1.54) is 11.1 Å². The Morgan fingerprint density at radius 2 is 1.04 bits per heavy atom. The molecular formula is C22H34O4. The minimum atomic E-state index is -0.474. The zero-order valence-corrected chi connectivity index (χ0v) is 17.2. The minimum absolute atomic E-state index is 0.141. The molecule has 0 atom stereocenters. The largest absolute Gasteiger partial charge is 0.466 e. The number of hydrogen-bond acceptors (Lipinski definition) is 4. The summed E-state index contributed by atoms with van der Waals surface area (Å²) in [6, 6.07) is 8.42. The number of aryl methyl sites for hydroxylation is 2. The van der Waals surface area contributed by atoms with Crippen molar-refractivity contribution in [3.8, 4) is 0 Å². The fourth-order valence-electron chi connectivity index (χ4n) is 2.64. The zero-order chi connectivity index (χ0) is 19.8. The van der Waals surface area contributed by atoms with E-state index in [1.807, 2.05) is 41.5 Å². The van der Waals surface area contributed by atoms with E-state index in [9.17, 15) is 9.59 Å². The highest BCUT2D eigenvalue weighted by molar-refractivity contribution is 5.76. The molecule has 0 amide bonds. The maximum Gasteiger partial charge on any atom is 0.311 e. The van der Waals surface area contributed by atoms with Crippen molar-refractivity contribution in [1.29, 1.82) is 0 Å². The van der Waals surface area contributed by atoms with Crippen molar-refractivity contribution in [1.82, 2.24) is 0 Å². The molecule has 0 bridgehead atoms. The van der Waals surface area contributed by atoms with Crippen LogP contribution in [-0.4, -0.2) is 25.2 Å². The summed E-state index contributed by atoms with van der Waals surface area (Å²) in [5.41, 5.74) is 1.46. The third kappa shape index (κ3) is 6.81. The highest BCUT2D eigenvalue weighted by Crippen LogP contribution is 2.26. The highest BCUT2D eigenvalue weighted by Gasteiger charge is 2.29. The number of esters is 2. The monoisotopic (exact) mass is 362 g/mol. The van der Waals surface area contributed by atoms with Gasteiger partial charge in [0.15, 0.2) is 0 Å². The van der Waals surface area contributed by atoms with E-state index in [0.717, 1.165) is 25.7 Å². The molecule has 0 fully saturated rings. The average Bonchev–Trinajstić information content (AvgIpc) is 2.59. The van der Waals surface area contributed by atoms with Crippen LogP contribution in [0.3, 0.4) is 0 Å². The van der Waals surface area contributed by atoms with Gasteiger partial charge >= 0.3 is 11.9 Å². The standard InChI is InChI=1S/C22H34O4/c1-7-25-19(23)21(3,4)15-13-17-9-11-18(12-10-17)14-16-22(5,6)20(24)26-8-2/h9-12H,7-8,13-16H2,1-6H3. The van der Waals surface area contributed by atoms with Crippen molar-refractivity contribution in [2.45, 2.75) is 67.2 Å². The molecule has 146 valence electrons. The predicted octanol–water partition coefficient (Wildman–Crippen LogP) is 4.73. The van der Waals surface area contributed by atoms with E-state index in [0.29, 0.717) is 13.2 Å². The molecule has 1 aromatic carbocycles. The van der Waals surface area contributed by atoms with Crippen molar-refractivity contribution < 1.29 is 19.1 Å².